The molecule has 0 spiro atoms. The molecule has 2 aromatic carbocycles. The highest BCUT2D eigenvalue weighted by Crippen LogP contribution is 2.49. The second-order valence-electron chi connectivity index (χ2n) is 9.78. The zero-order valence-electron chi connectivity index (χ0n) is 18.6. The van der Waals surface area contributed by atoms with E-state index in [1.807, 2.05) is 6.20 Å². The lowest BCUT2D eigenvalue weighted by atomic mass is 9.65. The summed E-state index contributed by atoms with van der Waals surface area (Å²) in [5.41, 5.74) is 7.09. The third-order valence-corrected chi connectivity index (χ3v) is 8.35. The zero-order valence-corrected chi connectivity index (χ0v) is 20.2. The summed E-state index contributed by atoms with van der Waals surface area (Å²) >= 11 is 3.63. The number of halogens is 1. The van der Waals surface area contributed by atoms with Crippen LogP contribution < -0.4 is 0 Å². The van der Waals surface area contributed by atoms with Crippen LogP contribution in [0.1, 0.15) is 75.1 Å². The fraction of sp³-hybridized carbons (Fsp3) is 0.464. The van der Waals surface area contributed by atoms with E-state index in [9.17, 15) is 0 Å². The highest BCUT2D eigenvalue weighted by atomic mass is 79.9. The van der Waals surface area contributed by atoms with Gasteiger partial charge >= 0.3 is 0 Å². The minimum Gasteiger partial charge on any atom is -0.356 e. The number of hydrogen-bond acceptors (Lipinski definition) is 2. The molecule has 1 aliphatic heterocycles. The van der Waals surface area contributed by atoms with Gasteiger partial charge in [0.05, 0.1) is 11.7 Å². The minimum absolute atomic E-state index is 0.0779. The number of allylic oxidation sites excluding steroid dienone is 1. The van der Waals surface area contributed by atoms with Gasteiger partial charge in [-0.1, -0.05) is 52.5 Å². The van der Waals surface area contributed by atoms with E-state index in [1.54, 1.807) is 5.57 Å². The molecule has 3 nitrogen and oxygen atoms in total. The number of ether oxygens (including phenoxy) is 1. The molecule has 0 radical (unpaired) electrons. The Morgan fingerprint density at radius 3 is 2.25 bits per heavy atom. The third-order valence-electron chi connectivity index (χ3n) is 7.82. The molecule has 3 aromatic rings. The van der Waals surface area contributed by atoms with Crippen molar-refractivity contribution in [2.24, 2.45) is 11.8 Å². The Balaban J connectivity index is 1.48. The van der Waals surface area contributed by atoms with Gasteiger partial charge in [0.15, 0.2) is 6.23 Å². The molecule has 2 heterocycles. The summed E-state index contributed by atoms with van der Waals surface area (Å²) in [4.78, 5) is 0. The van der Waals surface area contributed by atoms with Crippen LogP contribution in [0.3, 0.4) is 0 Å². The van der Waals surface area contributed by atoms with Crippen molar-refractivity contribution >= 4 is 32.4 Å². The summed E-state index contributed by atoms with van der Waals surface area (Å²) in [5.74, 6) is 1.49. The van der Waals surface area contributed by atoms with E-state index < -0.39 is 0 Å². The Morgan fingerprint density at radius 2 is 1.56 bits per heavy atom. The van der Waals surface area contributed by atoms with Gasteiger partial charge in [-0.25, -0.2) is 4.68 Å². The molecule has 2 saturated carbocycles. The Bertz CT molecular complexity index is 1120. The molecule has 0 N–H and O–H groups in total. The summed E-state index contributed by atoms with van der Waals surface area (Å²) in [5, 5.41) is 5.96. The molecule has 3 fully saturated rings. The van der Waals surface area contributed by atoms with E-state index in [-0.39, 0.29) is 6.23 Å². The van der Waals surface area contributed by atoms with Crippen molar-refractivity contribution in [2.75, 3.05) is 6.61 Å². The average molecular weight is 491 g/mol. The van der Waals surface area contributed by atoms with Gasteiger partial charge in [0.2, 0.25) is 0 Å². The molecule has 1 unspecified atom stereocenters. The van der Waals surface area contributed by atoms with Crippen LogP contribution in [0, 0.1) is 11.8 Å². The Morgan fingerprint density at radius 1 is 0.844 bits per heavy atom. The molecule has 2 bridgehead atoms. The van der Waals surface area contributed by atoms with Gasteiger partial charge in [0.25, 0.3) is 0 Å². The van der Waals surface area contributed by atoms with Crippen molar-refractivity contribution < 1.29 is 4.74 Å². The van der Waals surface area contributed by atoms with E-state index >= 15 is 0 Å². The van der Waals surface area contributed by atoms with Crippen molar-refractivity contribution in [2.45, 2.75) is 64.0 Å². The number of rotatable bonds is 3. The molecule has 1 atom stereocenters. The monoisotopic (exact) mass is 490 g/mol. The first-order valence-corrected chi connectivity index (χ1v) is 13.2. The highest BCUT2D eigenvalue weighted by molar-refractivity contribution is 9.10. The molecule has 3 aliphatic rings. The van der Waals surface area contributed by atoms with Crippen LogP contribution in [0.2, 0.25) is 0 Å². The smallest absolute Gasteiger partial charge is 0.150 e. The van der Waals surface area contributed by atoms with E-state index in [0.717, 1.165) is 35.8 Å². The number of benzene rings is 2. The number of hydrogen-bond donors (Lipinski definition) is 0. The Kier molecular flexibility index (Phi) is 5.68. The van der Waals surface area contributed by atoms with Crippen LogP contribution in [0.5, 0.6) is 0 Å². The quantitative estimate of drug-likeness (QED) is 0.372. The fourth-order valence-corrected chi connectivity index (χ4v) is 6.61. The molecule has 6 rings (SSSR count). The topological polar surface area (TPSA) is 27.1 Å². The van der Waals surface area contributed by atoms with Crippen molar-refractivity contribution in [3.05, 3.63) is 69.8 Å². The minimum atomic E-state index is 0.0779. The van der Waals surface area contributed by atoms with Gasteiger partial charge in [-0.15, -0.1) is 0 Å². The molecule has 0 amide bonds. The predicted octanol–water partition coefficient (Wildman–Crippen LogP) is 7.90. The maximum Gasteiger partial charge on any atom is 0.150 e. The molecule has 32 heavy (non-hydrogen) atoms. The lowest BCUT2D eigenvalue weighted by molar-refractivity contribution is -0.0366. The summed E-state index contributed by atoms with van der Waals surface area (Å²) in [6, 6.07) is 15.9. The summed E-state index contributed by atoms with van der Waals surface area (Å²) in [7, 11) is 0. The van der Waals surface area contributed by atoms with Gasteiger partial charge in [0.1, 0.15) is 0 Å². The first-order valence-electron chi connectivity index (χ1n) is 12.4. The molecule has 4 heteroatoms. The van der Waals surface area contributed by atoms with Crippen LogP contribution in [-0.4, -0.2) is 16.4 Å². The summed E-state index contributed by atoms with van der Waals surface area (Å²) in [6.07, 6.45) is 13.7. The van der Waals surface area contributed by atoms with Gasteiger partial charge in [-0.05, 0) is 97.7 Å². The van der Waals surface area contributed by atoms with Gasteiger partial charge < -0.3 is 4.74 Å². The molecule has 166 valence electrons. The Labute approximate surface area is 199 Å². The first kappa shape index (κ1) is 20.7. The van der Waals surface area contributed by atoms with Crippen molar-refractivity contribution in [3.8, 4) is 0 Å². The normalized spacial score (nSPS) is 25.8. The average Bonchev–Trinajstić information content (AvgIpc) is 3.24. The second-order valence-corrected chi connectivity index (χ2v) is 10.7. The fourth-order valence-electron chi connectivity index (χ4n) is 6.34. The maximum atomic E-state index is 6.02. The molecule has 1 saturated heterocycles. The maximum absolute atomic E-state index is 6.02. The van der Waals surface area contributed by atoms with E-state index in [1.165, 1.54) is 72.5 Å². The van der Waals surface area contributed by atoms with Crippen molar-refractivity contribution in [1.29, 1.82) is 0 Å². The van der Waals surface area contributed by atoms with Crippen LogP contribution in [-0.2, 0) is 4.74 Å². The van der Waals surface area contributed by atoms with Gasteiger partial charge in [0, 0.05) is 16.5 Å². The first-order chi connectivity index (χ1) is 15.8. The van der Waals surface area contributed by atoms with Crippen LogP contribution in [0.25, 0.3) is 16.5 Å². The molecular formula is C28H31BrN2O. The van der Waals surface area contributed by atoms with Gasteiger partial charge in [-0.3, -0.25) is 0 Å². The van der Waals surface area contributed by atoms with Crippen LogP contribution >= 0.6 is 15.9 Å². The van der Waals surface area contributed by atoms with E-state index in [0.29, 0.717) is 0 Å². The number of fused-ring (bicyclic) bond motifs is 3. The van der Waals surface area contributed by atoms with Crippen LogP contribution in [0.15, 0.2) is 58.7 Å². The van der Waals surface area contributed by atoms with E-state index in [4.69, 9.17) is 9.84 Å². The SMILES string of the molecule is Brc1ccc(C(=C2C3CCCC2CCC3)c2ccc3c(cnn3C3CCCCO3)c2)cc1. The van der Waals surface area contributed by atoms with Crippen molar-refractivity contribution in [3.63, 3.8) is 0 Å². The zero-order chi connectivity index (χ0) is 21.5. The highest BCUT2D eigenvalue weighted by Gasteiger charge is 2.34. The standard InChI is InChI=1S/C28H31BrN2O/c29-24-13-10-21(11-14-24)28(27-19-5-3-6-20(27)8-4-7-19)22-12-15-25-23(17-22)18-30-31(25)26-9-1-2-16-32-26/h10-15,17-20,26H,1-9,16H2. The number of aromatic nitrogens is 2. The molecule has 2 aliphatic carbocycles. The summed E-state index contributed by atoms with van der Waals surface area (Å²) in [6.45, 7) is 0.840. The van der Waals surface area contributed by atoms with Crippen LogP contribution in [0.4, 0.5) is 0 Å². The lowest BCUT2D eigenvalue weighted by Gasteiger charge is -2.39. The largest absolute Gasteiger partial charge is 0.356 e. The molecular weight excluding hydrogens is 460 g/mol. The lowest BCUT2D eigenvalue weighted by Crippen LogP contribution is -2.25. The van der Waals surface area contributed by atoms with E-state index in [2.05, 4.69) is 63.1 Å². The van der Waals surface area contributed by atoms with Gasteiger partial charge in [-0.2, -0.15) is 5.10 Å². The van der Waals surface area contributed by atoms with Crippen molar-refractivity contribution in [1.82, 2.24) is 9.78 Å². The predicted molar refractivity (Wildman–Crippen MR) is 133 cm³/mol. The molecule has 1 aromatic heterocycles. The second kappa shape index (κ2) is 8.79. The number of nitrogens with zero attached hydrogens (tertiary/aromatic N) is 2. The third kappa shape index (κ3) is 3.76. The summed E-state index contributed by atoms with van der Waals surface area (Å²) < 4.78 is 9.26. The Hall–Kier alpha value is -1.91.